The molecule has 1 aliphatic rings. The molecule has 0 saturated carbocycles. The molecular formula is C20H23FN2OS. The van der Waals surface area contributed by atoms with Gasteiger partial charge in [0, 0.05) is 11.4 Å². The Labute approximate surface area is 152 Å². The van der Waals surface area contributed by atoms with Gasteiger partial charge in [-0.3, -0.25) is 4.79 Å². The molecule has 1 fully saturated rings. The van der Waals surface area contributed by atoms with E-state index >= 15 is 0 Å². The molecular weight excluding hydrogens is 335 g/mol. The summed E-state index contributed by atoms with van der Waals surface area (Å²) in [5, 5.41) is 5.97. The lowest BCUT2D eigenvalue weighted by Crippen LogP contribution is -2.39. The van der Waals surface area contributed by atoms with E-state index in [0.29, 0.717) is 17.4 Å². The first-order valence-corrected chi connectivity index (χ1v) is 9.56. The maximum atomic E-state index is 14.0. The van der Waals surface area contributed by atoms with Crippen molar-refractivity contribution in [1.82, 2.24) is 10.6 Å². The molecule has 1 aliphatic heterocycles. The van der Waals surface area contributed by atoms with Gasteiger partial charge < -0.3 is 10.6 Å². The van der Waals surface area contributed by atoms with Gasteiger partial charge in [-0.05, 0) is 49.5 Å². The Balaban J connectivity index is 1.71. The first kappa shape index (κ1) is 18.0. The Hall–Kier alpha value is -1.85. The van der Waals surface area contributed by atoms with E-state index in [1.165, 1.54) is 17.8 Å². The number of nitrogens with one attached hydrogen (secondary N) is 2. The molecule has 5 heteroatoms. The van der Waals surface area contributed by atoms with E-state index in [1.807, 2.05) is 30.3 Å². The Morgan fingerprint density at radius 1 is 1.20 bits per heavy atom. The summed E-state index contributed by atoms with van der Waals surface area (Å²) in [4.78, 5) is 13.3. The number of rotatable bonds is 6. The van der Waals surface area contributed by atoms with E-state index in [-0.39, 0.29) is 11.7 Å². The Bertz CT molecular complexity index is 689. The quantitative estimate of drug-likeness (QED) is 0.772. The summed E-state index contributed by atoms with van der Waals surface area (Å²) >= 11 is 1.26. The molecule has 0 radical (unpaired) electrons. The Kier molecular flexibility index (Phi) is 6.48. The Morgan fingerprint density at radius 3 is 2.68 bits per heavy atom. The number of benzene rings is 2. The van der Waals surface area contributed by atoms with E-state index in [4.69, 9.17) is 0 Å². The van der Waals surface area contributed by atoms with Crippen LogP contribution in [0.2, 0.25) is 0 Å². The summed E-state index contributed by atoms with van der Waals surface area (Å²) in [7, 11) is 0. The van der Waals surface area contributed by atoms with Crippen LogP contribution in [0.3, 0.4) is 0 Å². The minimum absolute atomic E-state index is 0.0648. The van der Waals surface area contributed by atoms with Crippen molar-refractivity contribution in [3.63, 3.8) is 0 Å². The van der Waals surface area contributed by atoms with Crippen LogP contribution in [0.5, 0.6) is 0 Å². The van der Waals surface area contributed by atoms with Crippen molar-refractivity contribution >= 4 is 17.7 Å². The number of thioether (sulfide) groups is 1. The average Bonchev–Trinajstić information content (AvgIpc) is 2.67. The van der Waals surface area contributed by atoms with E-state index in [9.17, 15) is 9.18 Å². The third-order valence-corrected chi connectivity index (χ3v) is 5.69. The van der Waals surface area contributed by atoms with Crippen molar-refractivity contribution in [2.45, 2.75) is 23.0 Å². The summed E-state index contributed by atoms with van der Waals surface area (Å²) in [6, 6.07) is 16.2. The van der Waals surface area contributed by atoms with E-state index < -0.39 is 5.25 Å². The van der Waals surface area contributed by atoms with Crippen molar-refractivity contribution in [3.8, 4) is 0 Å². The topological polar surface area (TPSA) is 41.1 Å². The summed E-state index contributed by atoms with van der Waals surface area (Å²) < 4.78 is 14.0. The first-order valence-electron chi connectivity index (χ1n) is 8.68. The third-order valence-electron chi connectivity index (χ3n) is 4.39. The zero-order valence-electron chi connectivity index (χ0n) is 14.1. The van der Waals surface area contributed by atoms with Crippen LogP contribution in [0, 0.1) is 11.7 Å². The number of hydrogen-bond donors (Lipinski definition) is 2. The maximum absolute atomic E-state index is 14.0. The molecule has 1 amide bonds. The molecule has 3 nitrogen and oxygen atoms in total. The predicted molar refractivity (Wildman–Crippen MR) is 100 cm³/mol. The summed E-state index contributed by atoms with van der Waals surface area (Å²) in [5.41, 5.74) is 0.884. The van der Waals surface area contributed by atoms with Crippen LogP contribution in [-0.4, -0.2) is 25.5 Å². The molecule has 0 bridgehead atoms. The molecule has 2 aromatic rings. The monoisotopic (exact) mass is 358 g/mol. The number of carbonyl (C=O) groups excluding carboxylic acids is 1. The van der Waals surface area contributed by atoms with Gasteiger partial charge in [0.15, 0.2) is 0 Å². The van der Waals surface area contributed by atoms with Crippen LogP contribution < -0.4 is 10.6 Å². The van der Waals surface area contributed by atoms with Crippen LogP contribution in [-0.2, 0) is 4.79 Å². The average molecular weight is 358 g/mol. The van der Waals surface area contributed by atoms with Crippen LogP contribution in [0.25, 0.3) is 0 Å². The number of amides is 1. The molecule has 0 aliphatic carbocycles. The molecule has 1 saturated heterocycles. The second-order valence-corrected chi connectivity index (χ2v) is 7.44. The molecule has 2 atom stereocenters. The highest BCUT2D eigenvalue weighted by Gasteiger charge is 2.24. The van der Waals surface area contributed by atoms with Crippen LogP contribution >= 0.6 is 11.8 Å². The zero-order valence-corrected chi connectivity index (χ0v) is 14.9. The number of piperidine rings is 1. The third kappa shape index (κ3) is 5.06. The highest BCUT2D eigenvalue weighted by molar-refractivity contribution is 8.00. The van der Waals surface area contributed by atoms with Crippen molar-refractivity contribution in [2.75, 3.05) is 19.6 Å². The molecule has 3 rings (SSSR count). The van der Waals surface area contributed by atoms with Crippen LogP contribution in [0.4, 0.5) is 4.39 Å². The van der Waals surface area contributed by atoms with Crippen molar-refractivity contribution in [3.05, 3.63) is 66.0 Å². The number of carbonyl (C=O) groups is 1. The van der Waals surface area contributed by atoms with Gasteiger partial charge in [0.25, 0.3) is 0 Å². The van der Waals surface area contributed by atoms with Crippen molar-refractivity contribution in [1.29, 1.82) is 0 Å². The highest BCUT2D eigenvalue weighted by Crippen LogP contribution is 2.36. The highest BCUT2D eigenvalue weighted by atomic mass is 32.2. The molecule has 25 heavy (non-hydrogen) atoms. The van der Waals surface area contributed by atoms with Gasteiger partial charge in [-0.25, -0.2) is 4.39 Å². The molecule has 2 aromatic carbocycles. The van der Waals surface area contributed by atoms with Gasteiger partial charge in [0.1, 0.15) is 11.1 Å². The van der Waals surface area contributed by atoms with Gasteiger partial charge >= 0.3 is 0 Å². The van der Waals surface area contributed by atoms with Gasteiger partial charge in [-0.1, -0.05) is 42.5 Å². The fourth-order valence-electron chi connectivity index (χ4n) is 3.00. The second-order valence-electron chi connectivity index (χ2n) is 6.30. The van der Waals surface area contributed by atoms with E-state index in [2.05, 4.69) is 10.6 Å². The molecule has 2 N–H and O–H groups in total. The molecule has 1 heterocycles. The van der Waals surface area contributed by atoms with Gasteiger partial charge in [0.05, 0.1) is 0 Å². The first-order chi connectivity index (χ1) is 12.2. The number of halogens is 1. The van der Waals surface area contributed by atoms with Crippen LogP contribution in [0.15, 0.2) is 59.5 Å². The fraction of sp³-hybridized carbons (Fsp3) is 0.350. The largest absolute Gasteiger partial charge is 0.355 e. The normalized spacial score (nSPS) is 18.5. The maximum Gasteiger partial charge on any atom is 0.238 e. The smallest absolute Gasteiger partial charge is 0.238 e. The van der Waals surface area contributed by atoms with Gasteiger partial charge in [-0.2, -0.15) is 0 Å². The molecule has 0 aromatic heterocycles. The Morgan fingerprint density at radius 2 is 1.96 bits per heavy atom. The summed E-state index contributed by atoms with van der Waals surface area (Å²) in [6.45, 7) is 2.66. The standard InChI is InChI=1S/C20H23FN2OS/c21-17-10-4-5-11-18(17)25-19(16-8-2-1-3-9-16)20(24)23-14-15-7-6-12-22-13-15/h1-5,8-11,15,19,22H,6-7,12-14H2,(H,23,24). The van der Waals surface area contributed by atoms with Gasteiger partial charge in [0.2, 0.25) is 5.91 Å². The lowest BCUT2D eigenvalue weighted by Gasteiger charge is -2.24. The van der Waals surface area contributed by atoms with E-state index in [1.54, 1.807) is 18.2 Å². The van der Waals surface area contributed by atoms with Crippen molar-refractivity contribution < 1.29 is 9.18 Å². The van der Waals surface area contributed by atoms with Crippen molar-refractivity contribution in [2.24, 2.45) is 5.92 Å². The fourth-order valence-corrected chi connectivity index (χ4v) is 4.08. The summed E-state index contributed by atoms with van der Waals surface area (Å²) in [5.74, 6) is 0.107. The predicted octanol–water partition coefficient (Wildman–Crippen LogP) is 3.77. The van der Waals surface area contributed by atoms with E-state index in [0.717, 1.165) is 31.5 Å². The molecule has 2 unspecified atom stereocenters. The minimum Gasteiger partial charge on any atom is -0.355 e. The van der Waals surface area contributed by atoms with Gasteiger partial charge in [-0.15, -0.1) is 11.8 Å². The SMILES string of the molecule is O=C(NCC1CCCNC1)C(Sc1ccccc1F)c1ccccc1. The molecule has 132 valence electrons. The van der Waals surface area contributed by atoms with Crippen LogP contribution in [0.1, 0.15) is 23.7 Å². The number of hydrogen-bond acceptors (Lipinski definition) is 3. The summed E-state index contributed by atoms with van der Waals surface area (Å²) in [6.07, 6.45) is 2.27. The minimum atomic E-state index is -0.463. The zero-order chi connectivity index (χ0) is 17.5. The second kappa shape index (κ2) is 9.02. The molecule has 0 spiro atoms. The lowest BCUT2D eigenvalue weighted by molar-refractivity contribution is -0.120. The lowest BCUT2D eigenvalue weighted by atomic mass is 9.99.